The number of carbonyl (C=O) groups excluding carboxylic acids is 2. The Morgan fingerprint density at radius 1 is 1.24 bits per heavy atom. The summed E-state index contributed by atoms with van der Waals surface area (Å²) >= 11 is 0. The zero-order chi connectivity index (χ0) is 17.2. The molecule has 25 heavy (non-hydrogen) atoms. The third-order valence-corrected chi connectivity index (χ3v) is 4.24. The molecule has 128 valence electrons. The molecule has 4 rings (SSSR count). The van der Waals surface area contributed by atoms with Gasteiger partial charge in [0.15, 0.2) is 5.76 Å². The molecule has 3 aromatic heterocycles. The number of carbonyl (C=O) groups is 2. The van der Waals surface area contributed by atoms with Gasteiger partial charge in [0.25, 0.3) is 17.6 Å². The standard InChI is InChI=1S/C16H16N6O3/c23-13(18-15-19-16-17-6-2-7-22(16)20-15)11-4-8-21(9-5-11)14(24)12-3-1-10-25-12/h1-3,6-7,10-11H,4-5,8-9H2,(H,18,20,23). The molecule has 0 aliphatic carbocycles. The van der Waals surface area contributed by atoms with Crippen LogP contribution in [0.3, 0.4) is 0 Å². The van der Waals surface area contributed by atoms with Crippen LogP contribution < -0.4 is 5.32 Å². The van der Waals surface area contributed by atoms with E-state index in [1.807, 2.05) is 0 Å². The van der Waals surface area contributed by atoms with Crippen LogP contribution in [0.15, 0.2) is 41.3 Å². The largest absolute Gasteiger partial charge is 0.459 e. The molecule has 0 saturated carbocycles. The number of hydrogen-bond donors (Lipinski definition) is 1. The molecule has 3 aromatic rings. The van der Waals surface area contributed by atoms with Gasteiger partial charge in [0.05, 0.1) is 6.26 Å². The first kappa shape index (κ1) is 15.3. The minimum absolute atomic E-state index is 0.138. The number of fused-ring (bicyclic) bond motifs is 1. The molecule has 0 unspecified atom stereocenters. The Kier molecular flexibility index (Phi) is 3.88. The predicted octanol–water partition coefficient (Wildman–Crippen LogP) is 1.21. The number of nitrogens with zero attached hydrogens (tertiary/aromatic N) is 5. The lowest BCUT2D eigenvalue weighted by Gasteiger charge is -2.30. The minimum Gasteiger partial charge on any atom is -0.459 e. The maximum Gasteiger partial charge on any atom is 0.289 e. The lowest BCUT2D eigenvalue weighted by Crippen LogP contribution is -2.41. The number of aromatic nitrogens is 4. The molecule has 9 nitrogen and oxygen atoms in total. The molecule has 2 amide bonds. The van der Waals surface area contributed by atoms with Crippen molar-refractivity contribution in [3.63, 3.8) is 0 Å². The summed E-state index contributed by atoms with van der Waals surface area (Å²) in [4.78, 5) is 34.6. The fourth-order valence-corrected chi connectivity index (χ4v) is 2.90. The lowest BCUT2D eigenvalue weighted by atomic mass is 9.96. The highest BCUT2D eigenvalue weighted by molar-refractivity contribution is 5.93. The van der Waals surface area contributed by atoms with Crippen molar-refractivity contribution in [3.8, 4) is 0 Å². The average molecular weight is 340 g/mol. The Morgan fingerprint density at radius 3 is 2.80 bits per heavy atom. The number of furan rings is 1. The van der Waals surface area contributed by atoms with Crippen molar-refractivity contribution in [2.75, 3.05) is 18.4 Å². The van der Waals surface area contributed by atoms with Crippen LogP contribution in [0.1, 0.15) is 23.4 Å². The van der Waals surface area contributed by atoms with Gasteiger partial charge in [-0.2, -0.15) is 4.98 Å². The number of hydrogen-bond acceptors (Lipinski definition) is 6. The van der Waals surface area contributed by atoms with Gasteiger partial charge in [-0.15, -0.1) is 5.10 Å². The molecule has 1 N–H and O–H groups in total. The molecule has 4 heterocycles. The normalized spacial score (nSPS) is 15.4. The molecule has 1 saturated heterocycles. The van der Waals surface area contributed by atoms with Crippen LogP contribution in [0.5, 0.6) is 0 Å². The van der Waals surface area contributed by atoms with E-state index in [4.69, 9.17) is 4.42 Å². The van der Waals surface area contributed by atoms with Crippen LogP contribution in [-0.4, -0.2) is 49.4 Å². The second kappa shape index (κ2) is 6.34. The smallest absolute Gasteiger partial charge is 0.289 e. The number of anilines is 1. The zero-order valence-corrected chi connectivity index (χ0v) is 13.3. The summed E-state index contributed by atoms with van der Waals surface area (Å²) in [7, 11) is 0. The van der Waals surface area contributed by atoms with Gasteiger partial charge in [-0.3, -0.25) is 14.9 Å². The second-order valence-corrected chi connectivity index (χ2v) is 5.83. The van der Waals surface area contributed by atoms with Gasteiger partial charge < -0.3 is 9.32 Å². The van der Waals surface area contributed by atoms with Crippen molar-refractivity contribution in [1.82, 2.24) is 24.5 Å². The highest BCUT2D eigenvalue weighted by atomic mass is 16.3. The van der Waals surface area contributed by atoms with Crippen molar-refractivity contribution < 1.29 is 14.0 Å². The highest BCUT2D eigenvalue weighted by Gasteiger charge is 2.29. The van der Waals surface area contributed by atoms with E-state index in [2.05, 4.69) is 20.4 Å². The molecule has 0 radical (unpaired) electrons. The van der Waals surface area contributed by atoms with E-state index in [1.54, 1.807) is 35.5 Å². The number of amides is 2. The molecule has 0 spiro atoms. The predicted molar refractivity (Wildman–Crippen MR) is 86.7 cm³/mol. The Morgan fingerprint density at radius 2 is 2.08 bits per heavy atom. The number of rotatable bonds is 3. The van der Waals surface area contributed by atoms with Gasteiger partial charge in [0.2, 0.25) is 5.91 Å². The zero-order valence-electron chi connectivity index (χ0n) is 13.3. The van der Waals surface area contributed by atoms with E-state index in [1.165, 1.54) is 10.8 Å². The average Bonchev–Trinajstić information content (AvgIpc) is 3.30. The first-order valence-electron chi connectivity index (χ1n) is 8.02. The summed E-state index contributed by atoms with van der Waals surface area (Å²) in [6, 6.07) is 5.06. The van der Waals surface area contributed by atoms with Gasteiger partial charge in [-0.25, -0.2) is 9.50 Å². The van der Waals surface area contributed by atoms with Gasteiger partial charge in [0.1, 0.15) is 0 Å². The van der Waals surface area contributed by atoms with Crippen LogP contribution in [0, 0.1) is 5.92 Å². The van der Waals surface area contributed by atoms with Crippen LogP contribution in [0.25, 0.3) is 5.78 Å². The molecule has 0 atom stereocenters. The van der Waals surface area contributed by atoms with Crippen LogP contribution in [0.4, 0.5) is 5.95 Å². The van der Waals surface area contributed by atoms with Crippen molar-refractivity contribution in [2.45, 2.75) is 12.8 Å². The number of likely N-dealkylation sites (tertiary alicyclic amines) is 1. The van der Waals surface area contributed by atoms with Crippen molar-refractivity contribution >= 4 is 23.5 Å². The Bertz CT molecular complexity index is 863. The maximum absolute atomic E-state index is 12.4. The quantitative estimate of drug-likeness (QED) is 0.768. The Balaban J connectivity index is 1.35. The topological polar surface area (TPSA) is 106 Å². The summed E-state index contributed by atoms with van der Waals surface area (Å²) < 4.78 is 6.64. The molecule has 0 bridgehead atoms. The lowest BCUT2D eigenvalue weighted by molar-refractivity contribution is -0.121. The summed E-state index contributed by atoms with van der Waals surface area (Å²) in [5.41, 5.74) is 0. The third-order valence-electron chi connectivity index (χ3n) is 4.24. The van der Waals surface area contributed by atoms with E-state index >= 15 is 0 Å². The molecule has 1 aliphatic rings. The Hall–Kier alpha value is -3.23. The van der Waals surface area contributed by atoms with Gasteiger partial charge >= 0.3 is 0 Å². The summed E-state index contributed by atoms with van der Waals surface area (Å²) in [6.45, 7) is 1.02. The van der Waals surface area contributed by atoms with Crippen LogP contribution >= 0.6 is 0 Å². The summed E-state index contributed by atoms with van der Waals surface area (Å²) in [5, 5.41) is 6.89. The van der Waals surface area contributed by atoms with Gasteiger partial charge in [0, 0.05) is 31.4 Å². The summed E-state index contributed by atoms with van der Waals surface area (Å²) in [5.74, 6) is 0.525. The minimum atomic E-state index is -0.180. The molecular formula is C16H16N6O3. The molecule has 1 fully saturated rings. The van der Waals surface area contributed by atoms with E-state index in [-0.39, 0.29) is 23.7 Å². The first-order valence-corrected chi connectivity index (χ1v) is 8.02. The Labute approximate surface area is 142 Å². The van der Waals surface area contributed by atoms with E-state index in [0.717, 1.165) is 0 Å². The van der Waals surface area contributed by atoms with Crippen LogP contribution in [-0.2, 0) is 4.79 Å². The van der Waals surface area contributed by atoms with Gasteiger partial charge in [-0.05, 0) is 31.0 Å². The van der Waals surface area contributed by atoms with E-state index in [0.29, 0.717) is 37.5 Å². The number of piperidine rings is 1. The molecule has 1 aliphatic heterocycles. The monoisotopic (exact) mass is 340 g/mol. The van der Waals surface area contributed by atoms with Crippen molar-refractivity contribution in [1.29, 1.82) is 0 Å². The van der Waals surface area contributed by atoms with Crippen LogP contribution in [0.2, 0.25) is 0 Å². The SMILES string of the molecule is O=C(Nc1nc2ncccn2n1)C1CCN(C(=O)c2ccco2)CC1. The number of nitrogens with one attached hydrogen (secondary N) is 1. The fourth-order valence-electron chi connectivity index (χ4n) is 2.90. The second-order valence-electron chi connectivity index (χ2n) is 5.83. The van der Waals surface area contributed by atoms with Crippen molar-refractivity contribution in [3.05, 3.63) is 42.6 Å². The molecular weight excluding hydrogens is 324 g/mol. The molecule has 9 heteroatoms. The third kappa shape index (κ3) is 3.08. The maximum atomic E-state index is 12.4. The molecule has 0 aromatic carbocycles. The van der Waals surface area contributed by atoms with E-state index < -0.39 is 0 Å². The fraction of sp³-hybridized carbons (Fsp3) is 0.312. The van der Waals surface area contributed by atoms with Gasteiger partial charge in [-0.1, -0.05) is 0 Å². The van der Waals surface area contributed by atoms with E-state index in [9.17, 15) is 9.59 Å². The summed E-state index contributed by atoms with van der Waals surface area (Å²) in [6.07, 6.45) is 5.98. The van der Waals surface area contributed by atoms with Crippen molar-refractivity contribution in [2.24, 2.45) is 5.92 Å². The highest BCUT2D eigenvalue weighted by Crippen LogP contribution is 2.20. The first-order chi connectivity index (χ1) is 12.2.